The van der Waals surface area contributed by atoms with E-state index in [1.165, 1.54) is 0 Å². The van der Waals surface area contributed by atoms with Gasteiger partial charge in [-0.2, -0.15) is 10.5 Å². The first-order valence-electron chi connectivity index (χ1n) is 24.1. The minimum absolute atomic E-state index is 0.493. The zero-order chi connectivity index (χ0) is 49.7. The predicted molar refractivity (Wildman–Crippen MR) is 297 cm³/mol. The van der Waals surface area contributed by atoms with E-state index < -0.39 is 0 Å². The van der Waals surface area contributed by atoms with Crippen LogP contribution in [0.3, 0.4) is 0 Å². The molecule has 0 amide bonds. The molecule has 3 aromatic heterocycles. The minimum atomic E-state index is 0.493. The zero-order valence-corrected chi connectivity index (χ0v) is 39.5. The molecular formula is C66H38N8. The first-order valence-corrected chi connectivity index (χ1v) is 24.1. The van der Waals surface area contributed by atoms with Gasteiger partial charge in [-0.15, -0.1) is 0 Å². The van der Waals surface area contributed by atoms with Crippen LogP contribution in [0.15, 0.2) is 231 Å². The van der Waals surface area contributed by atoms with E-state index in [-0.39, 0.29) is 0 Å². The number of aromatic nitrogens is 5. The molecule has 0 aliphatic rings. The molecule has 0 aliphatic carbocycles. The SMILES string of the molecule is [C-]#[N+]c1cccc(-c2ccc3c(c2)c2ccccc2n3-c2ccc(-c3nc(-c4ccccc4)nc(-c4ccccc4)n3)cc2-c2cc(-n3c4ccccc4c4cc(-c5cccc(C#N)c5)ccc43)ccc2C#N)c1. The Morgan fingerprint density at radius 3 is 1.50 bits per heavy atom. The Balaban J connectivity index is 1.07. The first-order chi connectivity index (χ1) is 36.5. The second-order valence-electron chi connectivity index (χ2n) is 18.1. The fraction of sp³-hybridized carbons (Fsp3) is 0. The van der Waals surface area contributed by atoms with Crippen LogP contribution < -0.4 is 0 Å². The van der Waals surface area contributed by atoms with Crippen molar-refractivity contribution in [3.63, 3.8) is 0 Å². The highest BCUT2D eigenvalue weighted by Crippen LogP contribution is 2.43. The van der Waals surface area contributed by atoms with Gasteiger partial charge in [0.1, 0.15) is 0 Å². The van der Waals surface area contributed by atoms with Gasteiger partial charge in [-0.25, -0.2) is 19.8 Å². The van der Waals surface area contributed by atoms with Crippen LogP contribution in [-0.4, -0.2) is 24.1 Å². The number of benzene rings is 10. The van der Waals surface area contributed by atoms with Crippen LogP contribution in [0.4, 0.5) is 5.69 Å². The number of rotatable bonds is 8. The Morgan fingerprint density at radius 2 is 0.878 bits per heavy atom. The van der Waals surface area contributed by atoms with E-state index in [2.05, 4.69) is 135 Å². The largest absolute Gasteiger partial charge is 0.309 e. The number of hydrogen-bond acceptors (Lipinski definition) is 5. The Hall–Kier alpha value is -10.7. The van der Waals surface area contributed by atoms with E-state index in [9.17, 15) is 10.5 Å². The minimum Gasteiger partial charge on any atom is -0.309 e. The van der Waals surface area contributed by atoms with Crippen LogP contribution in [-0.2, 0) is 0 Å². The number of nitriles is 2. The summed E-state index contributed by atoms with van der Waals surface area (Å²) in [6.45, 7) is 7.69. The molecule has 0 saturated carbocycles. The van der Waals surface area contributed by atoms with E-state index in [0.29, 0.717) is 34.3 Å². The standard InChI is InChI=1S/C66H38N8/c1-69-51-21-13-20-46(35-51)48-28-32-62-57(37-48)54-23-9-11-25-60(54)74(62)63-33-29-49(66-71-64(43-15-4-2-5-16-43)70-65(72-66)44-17-6-3-7-18-44)38-58(63)55-39-52(30-26-50(55)41-68)73-59-24-10-8-22-53(59)56-36-47(27-31-61(56)73)45-19-12-14-42(34-45)40-67/h2-39H. The molecule has 0 saturated heterocycles. The molecule has 0 aliphatic heterocycles. The summed E-state index contributed by atoms with van der Waals surface area (Å²) in [5.41, 5.74) is 15.4. The molecule has 13 aromatic rings. The third-order valence-corrected chi connectivity index (χ3v) is 13.8. The van der Waals surface area contributed by atoms with Crippen LogP contribution >= 0.6 is 0 Å². The summed E-state index contributed by atoms with van der Waals surface area (Å²) in [4.78, 5) is 19.0. The average molecular weight is 943 g/mol. The topological polar surface area (TPSA) is 100 Å². The second-order valence-corrected chi connectivity index (χ2v) is 18.1. The molecule has 3 heterocycles. The normalized spacial score (nSPS) is 11.2. The molecule has 0 unspecified atom stereocenters. The van der Waals surface area contributed by atoms with Crippen molar-refractivity contribution in [3.05, 3.63) is 253 Å². The van der Waals surface area contributed by atoms with Crippen molar-refractivity contribution in [3.8, 4) is 91.1 Å². The summed E-state index contributed by atoms with van der Waals surface area (Å²) in [5.74, 6) is 1.59. The van der Waals surface area contributed by atoms with Gasteiger partial charge in [0.2, 0.25) is 0 Å². The highest BCUT2D eigenvalue weighted by molar-refractivity contribution is 6.12. The lowest BCUT2D eigenvalue weighted by molar-refractivity contribution is 1.07. The fourth-order valence-electron chi connectivity index (χ4n) is 10.4. The Kier molecular flexibility index (Phi) is 10.5. The van der Waals surface area contributed by atoms with Crippen LogP contribution in [0.25, 0.3) is 127 Å². The van der Waals surface area contributed by atoms with Gasteiger partial charge < -0.3 is 9.13 Å². The molecule has 0 bridgehead atoms. The van der Waals surface area contributed by atoms with Crippen molar-refractivity contribution in [1.82, 2.24) is 24.1 Å². The van der Waals surface area contributed by atoms with Crippen molar-refractivity contribution in [1.29, 1.82) is 10.5 Å². The van der Waals surface area contributed by atoms with E-state index in [1.807, 2.05) is 121 Å². The molecule has 74 heavy (non-hydrogen) atoms. The fourth-order valence-corrected chi connectivity index (χ4v) is 10.4. The van der Waals surface area contributed by atoms with E-state index >= 15 is 0 Å². The monoisotopic (exact) mass is 942 g/mol. The number of hydrogen-bond donors (Lipinski definition) is 0. The van der Waals surface area contributed by atoms with Crippen LogP contribution in [0.1, 0.15) is 11.1 Å². The molecule has 0 N–H and O–H groups in total. The van der Waals surface area contributed by atoms with Gasteiger partial charge in [-0.3, -0.25) is 0 Å². The van der Waals surface area contributed by atoms with Crippen LogP contribution in [0, 0.1) is 29.2 Å². The van der Waals surface area contributed by atoms with Gasteiger partial charge in [0.05, 0.1) is 57.6 Å². The molecule has 8 nitrogen and oxygen atoms in total. The van der Waals surface area contributed by atoms with Gasteiger partial charge >= 0.3 is 0 Å². The quantitative estimate of drug-likeness (QED) is 0.141. The lowest BCUT2D eigenvalue weighted by Crippen LogP contribution is -2.03. The highest BCUT2D eigenvalue weighted by atomic mass is 15.0. The second kappa shape index (κ2) is 17.9. The van der Waals surface area contributed by atoms with Crippen molar-refractivity contribution in [2.24, 2.45) is 0 Å². The van der Waals surface area contributed by atoms with Crippen molar-refractivity contribution >= 4 is 49.3 Å². The summed E-state index contributed by atoms with van der Waals surface area (Å²) < 4.78 is 4.56. The van der Waals surface area contributed by atoms with Gasteiger partial charge in [-0.05, 0) is 113 Å². The molecule has 13 rings (SSSR count). The Morgan fingerprint density at radius 1 is 0.365 bits per heavy atom. The van der Waals surface area contributed by atoms with E-state index in [1.54, 1.807) is 0 Å². The predicted octanol–water partition coefficient (Wildman–Crippen LogP) is 16.4. The molecule has 0 fully saturated rings. The molecular weight excluding hydrogens is 905 g/mol. The molecule has 10 aromatic carbocycles. The molecule has 342 valence electrons. The van der Waals surface area contributed by atoms with Crippen molar-refractivity contribution in [2.75, 3.05) is 0 Å². The van der Waals surface area contributed by atoms with Gasteiger partial charge in [0.25, 0.3) is 0 Å². The smallest absolute Gasteiger partial charge is 0.187 e. The molecule has 0 radical (unpaired) electrons. The highest BCUT2D eigenvalue weighted by Gasteiger charge is 2.22. The lowest BCUT2D eigenvalue weighted by atomic mass is 9.95. The van der Waals surface area contributed by atoms with Gasteiger partial charge in [0, 0.05) is 55.0 Å². The average Bonchev–Trinajstić information content (AvgIpc) is 4.03. The maximum Gasteiger partial charge on any atom is 0.187 e. The van der Waals surface area contributed by atoms with Gasteiger partial charge in [0.15, 0.2) is 23.2 Å². The molecule has 0 atom stereocenters. The Labute approximate surface area is 426 Å². The lowest BCUT2D eigenvalue weighted by Gasteiger charge is -2.18. The summed E-state index contributed by atoms with van der Waals surface area (Å²) in [7, 11) is 0. The first kappa shape index (κ1) is 43.3. The van der Waals surface area contributed by atoms with Crippen molar-refractivity contribution < 1.29 is 0 Å². The van der Waals surface area contributed by atoms with Crippen molar-refractivity contribution in [2.45, 2.75) is 0 Å². The van der Waals surface area contributed by atoms with Crippen LogP contribution in [0.2, 0.25) is 0 Å². The molecule has 8 heteroatoms. The number of fused-ring (bicyclic) bond motifs is 6. The van der Waals surface area contributed by atoms with Crippen LogP contribution in [0.5, 0.6) is 0 Å². The van der Waals surface area contributed by atoms with E-state index in [4.69, 9.17) is 21.5 Å². The third-order valence-electron chi connectivity index (χ3n) is 13.8. The van der Waals surface area contributed by atoms with Gasteiger partial charge in [-0.1, -0.05) is 140 Å². The zero-order valence-electron chi connectivity index (χ0n) is 39.5. The third kappa shape index (κ3) is 7.42. The van der Waals surface area contributed by atoms with E-state index in [0.717, 1.165) is 105 Å². The summed E-state index contributed by atoms with van der Waals surface area (Å²) in [6.07, 6.45) is 0. The maximum absolute atomic E-state index is 11.1. The molecule has 0 spiro atoms. The summed E-state index contributed by atoms with van der Waals surface area (Å²) in [5, 5.41) is 25.1. The summed E-state index contributed by atoms with van der Waals surface area (Å²) >= 11 is 0. The summed E-state index contributed by atoms with van der Waals surface area (Å²) in [6, 6.07) is 82.3. The number of nitrogens with zero attached hydrogens (tertiary/aromatic N) is 8. The maximum atomic E-state index is 11.1. The number of para-hydroxylation sites is 2. The Bertz CT molecular complexity index is 4470.